The summed E-state index contributed by atoms with van der Waals surface area (Å²) in [5.41, 5.74) is 9.80. The number of carbonyl (C=O) groups excluding carboxylic acids is 6. The molecular weight excluding hydrogens is 1480 g/mol. The van der Waals surface area contributed by atoms with Gasteiger partial charge in [0.25, 0.3) is 0 Å². The van der Waals surface area contributed by atoms with Crippen LogP contribution in [0.5, 0.6) is 69.0 Å². The van der Waals surface area contributed by atoms with Crippen molar-refractivity contribution in [1.82, 2.24) is 0 Å². The number of methoxy groups -OCH3 is 6. The van der Waals surface area contributed by atoms with E-state index in [0.29, 0.717) is 73.3 Å². The lowest BCUT2D eigenvalue weighted by Crippen LogP contribution is -2.13. The minimum atomic E-state index is -0.754. The fourth-order valence-electron chi connectivity index (χ4n) is 16.2. The lowest BCUT2D eigenvalue weighted by Gasteiger charge is -2.18. The van der Waals surface area contributed by atoms with Crippen LogP contribution < -0.4 is 56.8 Å². The zero-order valence-corrected chi connectivity index (χ0v) is 63.7. The summed E-state index contributed by atoms with van der Waals surface area (Å²) in [5, 5.41) is 9.39. The van der Waals surface area contributed by atoms with Gasteiger partial charge in [-0.15, -0.1) is 0 Å². The lowest BCUT2D eigenvalue weighted by atomic mass is 9.86. The number of carbonyl (C=O) groups is 6. The second-order valence-electron chi connectivity index (χ2n) is 28.9. The summed E-state index contributed by atoms with van der Waals surface area (Å²) in [6, 6.07) is 74.5. The Kier molecular flexibility index (Phi) is 17.9. The molecule has 0 aliphatic heterocycles. The number of esters is 6. The first-order valence-electron chi connectivity index (χ1n) is 37.5. The van der Waals surface area contributed by atoms with E-state index in [2.05, 4.69) is 0 Å². The minimum Gasteiger partial charge on any atom is -0.497 e. The molecule has 3 aliphatic carbocycles. The third kappa shape index (κ3) is 13.2. The van der Waals surface area contributed by atoms with E-state index in [9.17, 15) is 24.0 Å². The van der Waals surface area contributed by atoms with Gasteiger partial charge in [0.1, 0.15) is 34.5 Å². The summed E-state index contributed by atoms with van der Waals surface area (Å²) < 4.78 is 72.1. The number of rotatable bonds is 18. The molecule has 3 aliphatic rings. The van der Waals surface area contributed by atoms with Crippen molar-refractivity contribution in [3.05, 3.63) is 322 Å². The minimum absolute atomic E-state index is 0.0496. The highest BCUT2D eigenvalue weighted by Crippen LogP contribution is 2.60. The molecule has 16 aromatic rings. The van der Waals surface area contributed by atoms with E-state index in [0.717, 1.165) is 92.6 Å². The van der Waals surface area contributed by atoms with E-state index in [1.165, 1.54) is 0 Å². The Labute approximate surface area is 668 Å². The summed E-state index contributed by atoms with van der Waals surface area (Å²) in [4.78, 5) is 89.6. The van der Waals surface area contributed by atoms with Crippen LogP contribution in [0.25, 0.3) is 98.0 Å². The standard InChI is InChI=1S/C99H66O18/c1-106-73-26-20-53-31-63(14-8-58(53)37-73)94(100)112-85-46-70-43-82-91-80-50-89(116-98(104)67-18-12-62-41-77(110-5)30-24-57(62)35-67)86(113-95(101)64-15-9-59-38-74(107-2)27-21-54(59)32-64)47-71(80)44-83(91)93-81-51-90(117-99(105)68-13-7-52-19-25-78(111-6)42-69(52)36-68)87(114-96(102)65-16-10-60-39-75(108-3)28-22-55(60)33-65)48-72(81)45-84(93)92(82)79(70)49-88(85)115-97(103)66-17-11-61-40-76(109-4)29-23-56(61)34-66/h7-42,46-51H,43-45H2,1-6H3. The first-order chi connectivity index (χ1) is 57.0. The molecule has 117 heavy (non-hydrogen) atoms. The van der Waals surface area contributed by atoms with Crippen molar-refractivity contribution in [2.75, 3.05) is 42.7 Å². The van der Waals surface area contributed by atoms with Gasteiger partial charge in [0.05, 0.1) is 76.0 Å². The highest BCUT2D eigenvalue weighted by Gasteiger charge is 2.41. The van der Waals surface area contributed by atoms with Gasteiger partial charge in [-0.05, 0) is 333 Å². The first kappa shape index (κ1) is 72.0. The zero-order chi connectivity index (χ0) is 80.0. The zero-order valence-electron chi connectivity index (χ0n) is 63.7. The topological polar surface area (TPSA) is 213 Å². The molecule has 18 nitrogen and oxygen atoms in total. The SMILES string of the molecule is COc1ccc2cc(C(=O)Oc3cc4c(cc3OC(=O)c3ccc5cc(OC)ccc5c3)-c3c5c(c6c(c3C4)-c3cc(OC(=O)c4ccc7ccc(OC)cc7c4)c(OC(=O)c4ccc7cc(OC)ccc7c4)cc3C6)-c3cc(OC(=O)c4ccc6cc(OC)ccc6c4)c(OC(=O)c4ccc6cc(OC)ccc6c4)cc3C5)ccc2c1. The van der Waals surface area contributed by atoms with Crippen LogP contribution in [0.3, 0.4) is 0 Å². The maximum atomic E-state index is 15.0. The molecule has 0 saturated heterocycles. The van der Waals surface area contributed by atoms with Gasteiger partial charge in [-0.2, -0.15) is 0 Å². The van der Waals surface area contributed by atoms with Crippen molar-refractivity contribution in [2.45, 2.75) is 19.3 Å². The monoisotopic (exact) mass is 1540 g/mol. The van der Waals surface area contributed by atoms with Gasteiger partial charge in [-0.25, -0.2) is 28.8 Å². The number of ether oxygens (including phenoxy) is 12. The number of benzene rings is 16. The summed E-state index contributed by atoms with van der Waals surface area (Å²) in [6.45, 7) is 0. The Morgan fingerprint density at radius 2 is 0.376 bits per heavy atom. The maximum absolute atomic E-state index is 15.0. The molecule has 0 bridgehead atoms. The van der Waals surface area contributed by atoms with Crippen molar-refractivity contribution < 1.29 is 85.6 Å². The largest absolute Gasteiger partial charge is 0.497 e. The molecule has 570 valence electrons. The molecule has 0 N–H and O–H groups in total. The van der Waals surface area contributed by atoms with Crippen LogP contribution in [-0.2, 0) is 19.3 Å². The van der Waals surface area contributed by atoms with Gasteiger partial charge < -0.3 is 56.8 Å². The van der Waals surface area contributed by atoms with E-state index in [1.54, 1.807) is 213 Å². The van der Waals surface area contributed by atoms with Crippen molar-refractivity contribution in [2.24, 2.45) is 0 Å². The van der Waals surface area contributed by atoms with Gasteiger partial charge in [-0.1, -0.05) is 72.8 Å². The van der Waals surface area contributed by atoms with Gasteiger partial charge in [0.15, 0.2) is 34.5 Å². The van der Waals surface area contributed by atoms with E-state index < -0.39 is 35.8 Å². The van der Waals surface area contributed by atoms with E-state index >= 15 is 4.79 Å². The molecule has 0 atom stereocenters. The van der Waals surface area contributed by atoms with Crippen LogP contribution in [0.4, 0.5) is 0 Å². The van der Waals surface area contributed by atoms with E-state index in [-0.39, 0.29) is 87.1 Å². The fourth-order valence-corrected chi connectivity index (χ4v) is 16.2. The quantitative estimate of drug-likeness (QED) is 0.0577. The average molecular weight is 1540 g/mol. The predicted molar refractivity (Wildman–Crippen MR) is 444 cm³/mol. The molecule has 0 spiro atoms. The van der Waals surface area contributed by atoms with Gasteiger partial charge in [-0.3, -0.25) is 0 Å². The molecular formula is C99H66O18. The molecule has 0 heterocycles. The Morgan fingerprint density at radius 1 is 0.197 bits per heavy atom. The average Bonchev–Trinajstić information content (AvgIpc) is 1.53. The second kappa shape index (κ2) is 29.0. The highest BCUT2D eigenvalue weighted by atomic mass is 16.6. The Morgan fingerprint density at radius 3 is 0.607 bits per heavy atom. The summed E-state index contributed by atoms with van der Waals surface area (Å²) in [6.07, 6.45) is 0.637. The summed E-state index contributed by atoms with van der Waals surface area (Å²) in [7, 11) is 9.47. The summed E-state index contributed by atoms with van der Waals surface area (Å²) in [5.74, 6) is -1.05. The Bertz CT molecular complexity index is 6760. The highest BCUT2D eigenvalue weighted by molar-refractivity contribution is 6.07. The van der Waals surface area contributed by atoms with Crippen LogP contribution in [0.1, 0.15) is 95.5 Å². The van der Waals surface area contributed by atoms with Gasteiger partial charge in [0.2, 0.25) is 0 Å². The third-order valence-electron chi connectivity index (χ3n) is 22.1. The number of hydrogen-bond donors (Lipinski definition) is 0. The molecule has 16 aromatic carbocycles. The van der Waals surface area contributed by atoms with Crippen molar-refractivity contribution >= 4 is 100 Å². The van der Waals surface area contributed by atoms with Crippen LogP contribution >= 0.6 is 0 Å². The number of fused-ring (bicyclic) bond motifs is 18. The van der Waals surface area contributed by atoms with Crippen LogP contribution in [-0.4, -0.2) is 78.5 Å². The molecule has 0 unspecified atom stereocenters. The Hall–Kier alpha value is -15.3. The van der Waals surface area contributed by atoms with Gasteiger partial charge >= 0.3 is 35.8 Å². The van der Waals surface area contributed by atoms with Crippen molar-refractivity contribution in [3.8, 4) is 102 Å². The smallest absolute Gasteiger partial charge is 0.343 e. The second-order valence-corrected chi connectivity index (χ2v) is 28.9. The Balaban J connectivity index is 0.795. The van der Waals surface area contributed by atoms with Crippen LogP contribution in [0.15, 0.2) is 255 Å². The summed E-state index contributed by atoms with van der Waals surface area (Å²) >= 11 is 0. The van der Waals surface area contributed by atoms with E-state index in [1.807, 2.05) is 84.9 Å². The maximum Gasteiger partial charge on any atom is 0.343 e. The van der Waals surface area contributed by atoms with Crippen LogP contribution in [0.2, 0.25) is 0 Å². The normalized spacial score (nSPS) is 11.9. The van der Waals surface area contributed by atoms with Crippen molar-refractivity contribution in [3.63, 3.8) is 0 Å². The molecule has 0 amide bonds. The van der Waals surface area contributed by atoms with Gasteiger partial charge in [0, 0.05) is 0 Å². The molecule has 0 aromatic heterocycles. The molecule has 0 fully saturated rings. The number of hydrogen-bond acceptors (Lipinski definition) is 18. The van der Waals surface area contributed by atoms with E-state index in [4.69, 9.17) is 56.8 Å². The fraction of sp³-hybridized carbons (Fsp3) is 0.0909. The third-order valence-corrected chi connectivity index (χ3v) is 22.1. The molecule has 18 heteroatoms. The molecule has 19 rings (SSSR count). The van der Waals surface area contributed by atoms with Crippen LogP contribution in [0, 0.1) is 0 Å². The molecule has 0 radical (unpaired) electrons. The molecule has 0 saturated carbocycles. The predicted octanol–water partition coefficient (Wildman–Crippen LogP) is 20.7. The van der Waals surface area contributed by atoms with Crippen molar-refractivity contribution in [1.29, 1.82) is 0 Å². The lowest BCUT2D eigenvalue weighted by molar-refractivity contribution is 0.0682. The first-order valence-corrected chi connectivity index (χ1v) is 37.5.